The van der Waals surface area contributed by atoms with Gasteiger partial charge in [-0.25, -0.2) is 0 Å². The molecule has 1 aliphatic heterocycles. The van der Waals surface area contributed by atoms with Gasteiger partial charge in [-0.05, 0) is 41.1 Å². The number of nitrogens with zero attached hydrogens (tertiary/aromatic N) is 2. The number of hydrogen-bond acceptors (Lipinski definition) is 5. The van der Waals surface area contributed by atoms with E-state index < -0.39 is 27.8 Å². The van der Waals surface area contributed by atoms with Crippen LogP contribution in [0, 0.1) is 10.1 Å². The Labute approximate surface area is 160 Å². The van der Waals surface area contributed by atoms with Crippen LogP contribution in [0.25, 0.3) is 6.08 Å². The summed E-state index contributed by atoms with van der Waals surface area (Å²) in [5.74, 6) is -0.668. The molecule has 28 heavy (non-hydrogen) atoms. The summed E-state index contributed by atoms with van der Waals surface area (Å²) in [6, 6.07) is 9.90. The van der Waals surface area contributed by atoms with Gasteiger partial charge in [0, 0.05) is 12.1 Å². The van der Waals surface area contributed by atoms with Crippen LogP contribution in [0.15, 0.2) is 53.4 Å². The second kappa shape index (κ2) is 7.47. The molecular formula is C18H11F3N2O4S. The maximum atomic E-state index is 12.8. The fourth-order valence-electron chi connectivity index (χ4n) is 2.54. The first kappa shape index (κ1) is 19.6. The van der Waals surface area contributed by atoms with Crippen molar-refractivity contribution < 1.29 is 27.7 Å². The molecule has 0 N–H and O–H groups in total. The highest BCUT2D eigenvalue weighted by atomic mass is 32.2. The third-order valence-electron chi connectivity index (χ3n) is 3.85. The standard InChI is InChI=1S/C18H11F3N2O4S/c19-18(20,21)13-5-1-3-11(7-13)9-15-16(24)22(17(25)28-15)10-12-4-2-6-14(8-12)23(26)27/h1-9H,10H2/b15-9+. The van der Waals surface area contributed by atoms with E-state index in [1.165, 1.54) is 42.5 Å². The van der Waals surface area contributed by atoms with Gasteiger partial charge in [-0.1, -0.05) is 24.3 Å². The number of thioether (sulfide) groups is 1. The topological polar surface area (TPSA) is 80.5 Å². The van der Waals surface area contributed by atoms with Crippen molar-refractivity contribution in [3.05, 3.63) is 80.2 Å². The smallest absolute Gasteiger partial charge is 0.268 e. The molecule has 0 saturated carbocycles. The predicted octanol–water partition coefficient (Wildman–Crippen LogP) is 4.85. The van der Waals surface area contributed by atoms with Crippen molar-refractivity contribution in [3.8, 4) is 0 Å². The molecule has 0 atom stereocenters. The van der Waals surface area contributed by atoms with Gasteiger partial charge in [0.1, 0.15) is 0 Å². The van der Waals surface area contributed by atoms with Gasteiger partial charge in [0.25, 0.3) is 16.8 Å². The molecule has 144 valence electrons. The normalized spacial score (nSPS) is 16.1. The van der Waals surface area contributed by atoms with Gasteiger partial charge in [0.2, 0.25) is 0 Å². The van der Waals surface area contributed by atoms with Gasteiger partial charge in [-0.15, -0.1) is 0 Å². The van der Waals surface area contributed by atoms with Crippen LogP contribution in [0.1, 0.15) is 16.7 Å². The number of non-ortho nitro benzene ring substituents is 1. The summed E-state index contributed by atoms with van der Waals surface area (Å²) in [4.78, 5) is 35.8. The lowest BCUT2D eigenvalue weighted by atomic mass is 10.1. The minimum Gasteiger partial charge on any atom is -0.268 e. The zero-order valence-electron chi connectivity index (χ0n) is 14.0. The summed E-state index contributed by atoms with van der Waals surface area (Å²) in [5.41, 5.74) is -0.520. The van der Waals surface area contributed by atoms with E-state index in [4.69, 9.17) is 0 Å². The van der Waals surface area contributed by atoms with Crippen molar-refractivity contribution in [1.29, 1.82) is 0 Å². The van der Waals surface area contributed by atoms with Gasteiger partial charge in [0.15, 0.2) is 0 Å². The number of hydrogen-bond donors (Lipinski definition) is 0. The van der Waals surface area contributed by atoms with E-state index in [1.807, 2.05) is 0 Å². The lowest BCUT2D eigenvalue weighted by molar-refractivity contribution is -0.384. The average Bonchev–Trinajstić information content (AvgIpc) is 2.89. The lowest BCUT2D eigenvalue weighted by Gasteiger charge is -2.12. The first-order valence-corrected chi connectivity index (χ1v) is 8.63. The van der Waals surface area contributed by atoms with Crippen LogP contribution in [-0.2, 0) is 17.5 Å². The molecule has 0 aromatic heterocycles. The maximum absolute atomic E-state index is 12.8. The summed E-state index contributed by atoms with van der Waals surface area (Å²) in [5, 5.41) is 10.2. The number of alkyl halides is 3. The van der Waals surface area contributed by atoms with Crippen LogP contribution in [-0.4, -0.2) is 21.0 Å². The highest BCUT2D eigenvalue weighted by molar-refractivity contribution is 8.18. The highest BCUT2D eigenvalue weighted by Crippen LogP contribution is 2.35. The molecule has 0 unspecified atom stereocenters. The molecule has 0 aliphatic carbocycles. The Kier molecular flexibility index (Phi) is 5.23. The molecule has 0 radical (unpaired) electrons. The Hall–Kier alpha value is -3.14. The van der Waals surface area contributed by atoms with Gasteiger partial charge in [-0.3, -0.25) is 24.6 Å². The Balaban J connectivity index is 1.83. The van der Waals surface area contributed by atoms with Gasteiger partial charge < -0.3 is 0 Å². The summed E-state index contributed by atoms with van der Waals surface area (Å²) < 4.78 is 38.4. The van der Waals surface area contributed by atoms with E-state index >= 15 is 0 Å². The number of carbonyl (C=O) groups excluding carboxylic acids is 2. The number of benzene rings is 2. The molecule has 6 nitrogen and oxygen atoms in total. The first-order valence-electron chi connectivity index (χ1n) is 7.81. The van der Waals surface area contributed by atoms with Crippen molar-refractivity contribution in [2.24, 2.45) is 0 Å². The van der Waals surface area contributed by atoms with Crippen molar-refractivity contribution in [3.63, 3.8) is 0 Å². The molecule has 2 aromatic carbocycles. The molecule has 10 heteroatoms. The number of carbonyl (C=O) groups is 2. The third-order valence-corrected chi connectivity index (χ3v) is 4.75. The van der Waals surface area contributed by atoms with Crippen molar-refractivity contribution >= 4 is 34.7 Å². The number of nitro benzene ring substituents is 1. The zero-order valence-corrected chi connectivity index (χ0v) is 14.8. The van der Waals surface area contributed by atoms with Gasteiger partial charge in [0.05, 0.1) is 21.9 Å². The second-order valence-corrected chi connectivity index (χ2v) is 6.81. The number of nitro groups is 1. The monoisotopic (exact) mass is 408 g/mol. The number of rotatable bonds is 4. The SMILES string of the molecule is O=C1S/C(=C/c2cccc(C(F)(F)F)c2)C(=O)N1Cc1cccc([N+](=O)[O-])c1. The van der Waals surface area contributed by atoms with Crippen LogP contribution in [0.3, 0.4) is 0 Å². The van der Waals surface area contributed by atoms with Crippen LogP contribution in [0.2, 0.25) is 0 Å². The Morgan fingerprint density at radius 1 is 1.11 bits per heavy atom. The number of imide groups is 1. The van der Waals surface area contributed by atoms with Crippen LogP contribution >= 0.6 is 11.8 Å². The Morgan fingerprint density at radius 2 is 1.82 bits per heavy atom. The molecule has 2 amide bonds. The number of amides is 2. The van der Waals surface area contributed by atoms with Crippen LogP contribution in [0.4, 0.5) is 23.7 Å². The van der Waals surface area contributed by atoms with Crippen molar-refractivity contribution in [2.45, 2.75) is 12.7 Å². The molecule has 2 aromatic rings. The van der Waals surface area contributed by atoms with E-state index in [0.29, 0.717) is 17.3 Å². The maximum Gasteiger partial charge on any atom is 0.416 e. The quantitative estimate of drug-likeness (QED) is 0.410. The molecular weight excluding hydrogens is 397 g/mol. The molecule has 1 heterocycles. The Morgan fingerprint density at radius 3 is 2.50 bits per heavy atom. The van der Waals surface area contributed by atoms with Gasteiger partial charge >= 0.3 is 6.18 Å². The second-order valence-electron chi connectivity index (χ2n) is 5.82. The lowest BCUT2D eigenvalue weighted by Crippen LogP contribution is -2.27. The largest absolute Gasteiger partial charge is 0.416 e. The van der Waals surface area contributed by atoms with Gasteiger partial charge in [-0.2, -0.15) is 13.2 Å². The minimum absolute atomic E-state index is 0.0187. The summed E-state index contributed by atoms with van der Waals surface area (Å²) >= 11 is 0.603. The highest BCUT2D eigenvalue weighted by Gasteiger charge is 2.35. The minimum atomic E-state index is -4.52. The molecule has 0 bridgehead atoms. The molecule has 3 rings (SSSR count). The molecule has 1 aliphatic rings. The fraction of sp³-hybridized carbons (Fsp3) is 0.111. The molecule has 1 saturated heterocycles. The van der Waals surface area contributed by atoms with Crippen LogP contribution < -0.4 is 0 Å². The fourth-order valence-corrected chi connectivity index (χ4v) is 3.38. The summed E-state index contributed by atoms with van der Waals surface area (Å²) in [6.07, 6.45) is -3.31. The van der Waals surface area contributed by atoms with Crippen molar-refractivity contribution in [1.82, 2.24) is 4.90 Å². The van der Waals surface area contributed by atoms with E-state index in [1.54, 1.807) is 0 Å². The summed E-state index contributed by atoms with van der Waals surface area (Å²) in [6.45, 7) is -0.174. The van der Waals surface area contributed by atoms with E-state index in [-0.39, 0.29) is 22.7 Å². The summed E-state index contributed by atoms with van der Waals surface area (Å²) in [7, 11) is 0. The third kappa shape index (κ3) is 4.22. The van der Waals surface area contributed by atoms with Crippen molar-refractivity contribution in [2.75, 3.05) is 0 Å². The van der Waals surface area contributed by atoms with E-state index in [2.05, 4.69) is 0 Å². The molecule has 0 spiro atoms. The number of halogens is 3. The Bertz CT molecular complexity index is 1000. The average molecular weight is 408 g/mol. The molecule has 1 fully saturated rings. The van der Waals surface area contributed by atoms with E-state index in [9.17, 15) is 32.9 Å². The zero-order chi connectivity index (χ0) is 20.5. The first-order chi connectivity index (χ1) is 13.1. The van der Waals surface area contributed by atoms with E-state index in [0.717, 1.165) is 17.0 Å². The predicted molar refractivity (Wildman–Crippen MR) is 96.1 cm³/mol. The van der Waals surface area contributed by atoms with Crippen LogP contribution in [0.5, 0.6) is 0 Å².